The number of nitrogens with zero attached hydrogens (tertiary/aromatic N) is 2. The van der Waals surface area contributed by atoms with Gasteiger partial charge < -0.3 is 15.1 Å². The molecule has 1 fully saturated rings. The topological polar surface area (TPSA) is 52.7 Å². The Hall–Kier alpha value is -2.37. The van der Waals surface area contributed by atoms with E-state index in [0.29, 0.717) is 36.6 Å². The van der Waals surface area contributed by atoms with Crippen molar-refractivity contribution in [2.45, 2.75) is 25.8 Å². The highest BCUT2D eigenvalue weighted by atomic mass is 35.5. The van der Waals surface area contributed by atoms with Crippen LogP contribution in [0.15, 0.2) is 54.6 Å². The van der Waals surface area contributed by atoms with Gasteiger partial charge in [0.2, 0.25) is 5.91 Å². The molecule has 1 aliphatic rings. The fraction of sp³-hybridized carbons (Fsp3) is 0.391. The summed E-state index contributed by atoms with van der Waals surface area (Å²) < 4.78 is 0. The molecule has 1 N–H and O–H groups in total. The molecular formula is C23H28ClN3O2. The minimum absolute atomic E-state index is 0.00318. The number of halogens is 1. The van der Waals surface area contributed by atoms with Crippen molar-refractivity contribution in [3.63, 3.8) is 0 Å². The predicted octanol–water partition coefficient (Wildman–Crippen LogP) is 3.76. The molecule has 1 unspecified atom stereocenters. The van der Waals surface area contributed by atoms with Crippen molar-refractivity contribution in [1.82, 2.24) is 15.1 Å². The first kappa shape index (κ1) is 21.3. The smallest absolute Gasteiger partial charge is 0.255 e. The van der Waals surface area contributed by atoms with Crippen molar-refractivity contribution in [2.75, 3.05) is 32.7 Å². The van der Waals surface area contributed by atoms with E-state index in [9.17, 15) is 9.59 Å². The number of rotatable bonds is 6. The maximum atomic E-state index is 12.8. The molecule has 0 aromatic heterocycles. The van der Waals surface area contributed by atoms with Gasteiger partial charge in [0.15, 0.2) is 0 Å². The lowest BCUT2D eigenvalue weighted by Gasteiger charge is -2.22. The van der Waals surface area contributed by atoms with Gasteiger partial charge in [-0.25, -0.2) is 0 Å². The molecule has 2 aromatic rings. The molecule has 29 heavy (non-hydrogen) atoms. The fourth-order valence-electron chi connectivity index (χ4n) is 3.60. The van der Waals surface area contributed by atoms with Crippen LogP contribution in [-0.4, -0.2) is 54.3 Å². The molecule has 0 aliphatic carbocycles. The Balaban J connectivity index is 1.46. The summed E-state index contributed by atoms with van der Waals surface area (Å²) in [6.07, 6.45) is 1.34. The molecule has 0 spiro atoms. The van der Waals surface area contributed by atoms with Gasteiger partial charge in [-0.15, -0.1) is 0 Å². The molecule has 2 amide bonds. The van der Waals surface area contributed by atoms with E-state index < -0.39 is 0 Å². The fourth-order valence-corrected chi connectivity index (χ4v) is 3.82. The summed E-state index contributed by atoms with van der Waals surface area (Å²) in [5.74, 6) is 0.0291. The zero-order valence-electron chi connectivity index (χ0n) is 16.8. The van der Waals surface area contributed by atoms with E-state index in [2.05, 4.69) is 10.2 Å². The number of hydrogen-bond donors (Lipinski definition) is 1. The minimum atomic E-state index is -0.0214. The molecule has 0 bridgehead atoms. The van der Waals surface area contributed by atoms with E-state index in [1.165, 1.54) is 0 Å². The molecule has 154 valence electrons. The van der Waals surface area contributed by atoms with E-state index in [4.69, 9.17) is 11.6 Å². The third kappa shape index (κ3) is 6.05. The molecule has 1 aliphatic heterocycles. The highest BCUT2D eigenvalue weighted by Crippen LogP contribution is 2.18. The van der Waals surface area contributed by atoms with Gasteiger partial charge in [0.1, 0.15) is 0 Å². The van der Waals surface area contributed by atoms with Crippen LogP contribution >= 0.6 is 11.6 Å². The summed E-state index contributed by atoms with van der Waals surface area (Å²) in [6, 6.07) is 17.1. The summed E-state index contributed by atoms with van der Waals surface area (Å²) in [7, 11) is 0. The Morgan fingerprint density at radius 3 is 2.48 bits per heavy atom. The van der Waals surface area contributed by atoms with Gasteiger partial charge in [-0.2, -0.15) is 0 Å². The number of amides is 2. The Morgan fingerprint density at radius 1 is 1.00 bits per heavy atom. The Labute approximate surface area is 177 Å². The Morgan fingerprint density at radius 2 is 1.72 bits per heavy atom. The number of carbonyl (C=O) groups is 2. The summed E-state index contributed by atoms with van der Waals surface area (Å²) >= 11 is 6.18. The monoisotopic (exact) mass is 413 g/mol. The summed E-state index contributed by atoms with van der Waals surface area (Å²) in [6.45, 7) is 5.69. The van der Waals surface area contributed by atoms with Crippen LogP contribution in [0.25, 0.3) is 0 Å². The molecule has 0 saturated carbocycles. The van der Waals surface area contributed by atoms with Crippen LogP contribution in [0, 0.1) is 0 Å². The van der Waals surface area contributed by atoms with Gasteiger partial charge in [-0.1, -0.05) is 54.1 Å². The lowest BCUT2D eigenvalue weighted by atomic mass is 10.1. The molecule has 6 heteroatoms. The molecule has 3 rings (SSSR count). The first-order valence-electron chi connectivity index (χ1n) is 10.1. The average molecular weight is 414 g/mol. The van der Waals surface area contributed by atoms with Gasteiger partial charge in [0.05, 0.1) is 16.6 Å². The predicted molar refractivity (Wildman–Crippen MR) is 116 cm³/mol. The number of benzene rings is 2. The Bertz CT molecular complexity index is 828. The molecule has 0 radical (unpaired) electrons. The largest absolute Gasteiger partial charge is 0.350 e. The van der Waals surface area contributed by atoms with E-state index in [0.717, 1.165) is 25.1 Å². The first-order valence-corrected chi connectivity index (χ1v) is 10.5. The normalized spacial score (nSPS) is 16.1. The van der Waals surface area contributed by atoms with Crippen LogP contribution < -0.4 is 5.32 Å². The van der Waals surface area contributed by atoms with E-state index in [-0.39, 0.29) is 17.9 Å². The highest BCUT2D eigenvalue weighted by molar-refractivity contribution is 6.33. The quantitative estimate of drug-likeness (QED) is 0.784. The molecule has 1 heterocycles. The summed E-state index contributed by atoms with van der Waals surface area (Å²) in [5.41, 5.74) is 1.65. The van der Waals surface area contributed by atoms with Gasteiger partial charge in [0, 0.05) is 32.6 Å². The third-order valence-corrected chi connectivity index (χ3v) is 5.64. The van der Waals surface area contributed by atoms with E-state index >= 15 is 0 Å². The number of carbonyl (C=O) groups excluding carboxylic acids is 2. The van der Waals surface area contributed by atoms with Crippen molar-refractivity contribution in [2.24, 2.45) is 0 Å². The second-order valence-electron chi connectivity index (χ2n) is 7.42. The third-order valence-electron chi connectivity index (χ3n) is 5.31. The van der Waals surface area contributed by atoms with Crippen molar-refractivity contribution in [3.8, 4) is 0 Å². The summed E-state index contributed by atoms with van der Waals surface area (Å²) in [4.78, 5) is 29.2. The molecule has 5 nitrogen and oxygen atoms in total. The zero-order chi connectivity index (χ0) is 20.6. The van der Waals surface area contributed by atoms with Gasteiger partial charge in [-0.05, 0) is 37.6 Å². The van der Waals surface area contributed by atoms with Crippen LogP contribution in [0.2, 0.25) is 5.02 Å². The van der Waals surface area contributed by atoms with E-state index in [1.807, 2.05) is 54.3 Å². The van der Waals surface area contributed by atoms with Crippen molar-refractivity contribution in [1.29, 1.82) is 0 Å². The second kappa shape index (κ2) is 10.4. The van der Waals surface area contributed by atoms with Crippen LogP contribution in [-0.2, 0) is 4.79 Å². The van der Waals surface area contributed by atoms with Crippen LogP contribution in [0.5, 0.6) is 0 Å². The van der Waals surface area contributed by atoms with Gasteiger partial charge in [-0.3, -0.25) is 9.59 Å². The van der Waals surface area contributed by atoms with Crippen LogP contribution in [0.1, 0.15) is 41.7 Å². The molecule has 2 aromatic carbocycles. The number of hydrogen-bond acceptors (Lipinski definition) is 3. The van der Waals surface area contributed by atoms with E-state index in [1.54, 1.807) is 12.1 Å². The highest BCUT2D eigenvalue weighted by Gasteiger charge is 2.22. The Kier molecular flexibility index (Phi) is 7.67. The van der Waals surface area contributed by atoms with Crippen LogP contribution in [0.4, 0.5) is 0 Å². The molecule has 1 saturated heterocycles. The standard InChI is InChI=1S/C23H28ClN3O2/c1-18(19-8-3-2-4-9-19)25-22(28)12-15-26-13-7-14-27(17-16-26)23(29)20-10-5-6-11-21(20)24/h2-6,8-11,18H,7,12-17H2,1H3,(H,25,28). The zero-order valence-corrected chi connectivity index (χ0v) is 17.6. The second-order valence-corrected chi connectivity index (χ2v) is 7.82. The average Bonchev–Trinajstić information content (AvgIpc) is 2.98. The lowest BCUT2D eigenvalue weighted by Crippen LogP contribution is -2.36. The van der Waals surface area contributed by atoms with Crippen molar-refractivity contribution < 1.29 is 9.59 Å². The maximum Gasteiger partial charge on any atom is 0.255 e. The van der Waals surface area contributed by atoms with Gasteiger partial charge >= 0.3 is 0 Å². The maximum absolute atomic E-state index is 12.8. The molecular weight excluding hydrogens is 386 g/mol. The number of nitrogens with one attached hydrogen (secondary N) is 1. The first-order chi connectivity index (χ1) is 14.0. The van der Waals surface area contributed by atoms with Gasteiger partial charge in [0.25, 0.3) is 5.91 Å². The van der Waals surface area contributed by atoms with Crippen molar-refractivity contribution in [3.05, 3.63) is 70.7 Å². The van der Waals surface area contributed by atoms with Crippen LogP contribution in [0.3, 0.4) is 0 Å². The SMILES string of the molecule is CC(NC(=O)CCN1CCCN(C(=O)c2ccccc2Cl)CC1)c1ccccc1. The van der Waals surface area contributed by atoms with Crippen molar-refractivity contribution >= 4 is 23.4 Å². The minimum Gasteiger partial charge on any atom is -0.350 e. The molecule has 1 atom stereocenters. The summed E-state index contributed by atoms with van der Waals surface area (Å²) in [5, 5.41) is 3.55. The lowest BCUT2D eigenvalue weighted by molar-refractivity contribution is -0.122.